The van der Waals surface area contributed by atoms with Crippen molar-refractivity contribution in [3.8, 4) is 5.75 Å². The minimum Gasteiger partial charge on any atom is -0.487 e. The molecule has 0 unspecified atom stereocenters. The van der Waals surface area contributed by atoms with Gasteiger partial charge < -0.3 is 4.74 Å². The predicted octanol–water partition coefficient (Wildman–Crippen LogP) is 4.92. The van der Waals surface area contributed by atoms with Gasteiger partial charge in [-0.15, -0.1) is 0 Å². The third-order valence-corrected chi connectivity index (χ3v) is 3.79. The molecule has 0 aliphatic carbocycles. The van der Waals surface area contributed by atoms with Crippen molar-refractivity contribution < 1.29 is 4.74 Å². The minimum atomic E-state index is 0.460. The van der Waals surface area contributed by atoms with Crippen molar-refractivity contribution in [2.45, 2.75) is 13.5 Å². The van der Waals surface area contributed by atoms with Crippen LogP contribution in [0.1, 0.15) is 18.2 Å². The van der Waals surface area contributed by atoms with Gasteiger partial charge in [0, 0.05) is 18.1 Å². The molecule has 3 rings (SSSR count). The van der Waals surface area contributed by atoms with Gasteiger partial charge in [0.25, 0.3) is 0 Å². The van der Waals surface area contributed by atoms with E-state index in [1.807, 2.05) is 67.6 Å². The van der Waals surface area contributed by atoms with Gasteiger partial charge in [-0.05, 0) is 42.8 Å². The molecular weight excluding hydrogens is 296 g/mol. The fourth-order valence-electron chi connectivity index (χ4n) is 2.31. The van der Waals surface area contributed by atoms with Gasteiger partial charge in [0.05, 0.1) is 11.2 Å². The second kappa shape index (κ2) is 7.55. The summed E-state index contributed by atoms with van der Waals surface area (Å²) in [7, 11) is 1.79. The maximum Gasteiger partial charge on any atom is 0.130 e. The van der Waals surface area contributed by atoms with Gasteiger partial charge in [0.15, 0.2) is 0 Å². The largest absolute Gasteiger partial charge is 0.487 e. The molecular formula is C21H20N2O. The zero-order chi connectivity index (χ0) is 16.8. The van der Waals surface area contributed by atoms with Crippen molar-refractivity contribution in [1.82, 2.24) is 4.98 Å². The van der Waals surface area contributed by atoms with Crippen molar-refractivity contribution in [2.75, 3.05) is 7.05 Å². The zero-order valence-electron chi connectivity index (χ0n) is 13.9. The first-order valence-electron chi connectivity index (χ1n) is 7.93. The molecule has 0 bridgehead atoms. The standard InChI is InChI=1S/C21H20N2O/c1-16(22-2)7-8-17-9-13-20(14-10-17)24-15-19-12-11-18-5-3-4-6-21(18)23-19/h3-14H,15H2,1-2H3/b8-7+,22-16?. The van der Waals surface area contributed by atoms with E-state index < -0.39 is 0 Å². The molecule has 0 fully saturated rings. The Hall–Kier alpha value is -2.94. The smallest absolute Gasteiger partial charge is 0.130 e. The Labute approximate surface area is 142 Å². The lowest BCUT2D eigenvalue weighted by atomic mass is 10.2. The molecule has 0 spiro atoms. The fraction of sp³-hybridized carbons (Fsp3) is 0.143. The van der Waals surface area contributed by atoms with E-state index in [0.717, 1.165) is 33.6 Å². The number of pyridine rings is 1. The highest BCUT2D eigenvalue weighted by Gasteiger charge is 2.00. The molecule has 1 aromatic heterocycles. The summed E-state index contributed by atoms with van der Waals surface area (Å²) in [6.07, 6.45) is 4.03. The van der Waals surface area contributed by atoms with E-state index in [1.165, 1.54) is 0 Å². The van der Waals surface area contributed by atoms with Crippen molar-refractivity contribution in [3.63, 3.8) is 0 Å². The van der Waals surface area contributed by atoms with E-state index in [1.54, 1.807) is 7.05 Å². The summed E-state index contributed by atoms with van der Waals surface area (Å²) in [6, 6.07) is 20.2. The van der Waals surface area contributed by atoms with Crippen LogP contribution in [-0.2, 0) is 6.61 Å². The highest BCUT2D eigenvalue weighted by Crippen LogP contribution is 2.16. The van der Waals surface area contributed by atoms with E-state index in [-0.39, 0.29) is 0 Å². The number of ether oxygens (including phenoxy) is 1. The van der Waals surface area contributed by atoms with Crippen LogP contribution in [0.15, 0.2) is 71.7 Å². The number of nitrogens with zero attached hydrogens (tertiary/aromatic N) is 2. The molecule has 0 amide bonds. The van der Waals surface area contributed by atoms with E-state index in [2.05, 4.69) is 22.1 Å². The number of hydrogen-bond donors (Lipinski definition) is 0. The van der Waals surface area contributed by atoms with Crippen LogP contribution in [0.5, 0.6) is 5.75 Å². The molecule has 1 heterocycles. The lowest BCUT2D eigenvalue weighted by molar-refractivity contribution is 0.302. The third-order valence-electron chi connectivity index (χ3n) is 3.79. The molecule has 3 heteroatoms. The Morgan fingerprint density at radius 3 is 2.62 bits per heavy atom. The molecule has 3 aromatic rings. The van der Waals surface area contributed by atoms with Crippen LogP contribution < -0.4 is 4.74 Å². The third kappa shape index (κ3) is 4.07. The molecule has 2 aromatic carbocycles. The molecule has 0 atom stereocenters. The van der Waals surface area contributed by atoms with Crippen LogP contribution in [-0.4, -0.2) is 17.7 Å². The van der Waals surface area contributed by atoms with E-state index in [4.69, 9.17) is 4.74 Å². The number of benzene rings is 2. The highest BCUT2D eigenvalue weighted by molar-refractivity contribution is 5.96. The molecule has 0 aliphatic heterocycles. The number of rotatable bonds is 5. The maximum atomic E-state index is 5.83. The second-order valence-corrected chi connectivity index (χ2v) is 5.55. The van der Waals surface area contributed by atoms with Gasteiger partial charge in [0.1, 0.15) is 12.4 Å². The first kappa shape index (κ1) is 15.9. The molecule has 120 valence electrons. The number of aliphatic imine (C=N–C) groups is 1. The Morgan fingerprint density at radius 2 is 1.83 bits per heavy atom. The zero-order valence-corrected chi connectivity index (χ0v) is 13.9. The summed E-state index contributed by atoms with van der Waals surface area (Å²) in [4.78, 5) is 8.72. The average Bonchev–Trinajstić information content (AvgIpc) is 2.65. The van der Waals surface area contributed by atoms with Crippen LogP contribution in [0.2, 0.25) is 0 Å². The Kier molecular flexibility index (Phi) is 5.02. The summed E-state index contributed by atoms with van der Waals surface area (Å²) in [5.74, 6) is 0.836. The average molecular weight is 316 g/mol. The van der Waals surface area contributed by atoms with Gasteiger partial charge in [-0.3, -0.25) is 4.99 Å². The molecule has 0 N–H and O–H groups in total. The quantitative estimate of drug-likeness (QED) is 0.626. The number of hydrogen-bond acceptors (Lipinski definition) is 3. The first-order valence-corrected chi connectivity index (χ1v) is 7.93. The number of fused-ring (bicyclic) bond motifs is 1. The van der Waals surface area contributed by atoms with E-state index in [9.17, 15) is 0 Å². The van der Waals surface area contributed by atoms with E-state index >= 15 is 0 Å². The SMILES string of the molecule is CN=C(C)/C=C/c1ccc(OCc2ccc3ccccc3n2)cc1. The number of para-hydroxylation sites is 1. The summed E-state index contributed by atoms with van der Waals surface area (Å²) >= 11 is 0. The Morgan fingerprint density at radius 1 is 1.04 bits per heavy atom. The first-order chi connectivity index (χ1) is 11.7. The molecule has 0 saturated heterocycles. The summed E-state index contributed by atoms with van der Waals surface area (Å²) < 4.78 is 5.83. The summed E-state index contributed by atoms with van der Waals surface area (Å²) in [6.45, 7) is 2.44. The monoisotopic (exact) mass is 316 g/mol. The van der Waals surface area contributed by atoms with Crippen molar-refractivity contribution in [2.24, 2.45) is 4.99 Å². The van der Waals surface area contributed by atoms with Gasteiger partial charge in [-0.1, -0.05) is 42.5 Å². The lowest BCUT2D eigenvalue weighted by Crippen LogP contribution is -1.98. The van der Waals surface area contributed by atoms with Gasteiger partial charge in [-0.2, -0.15) is 0 Å². The van der Waals surface area contributed by atoms with Gasteiger partial charge in [-0.25, -0.2) is 4.98 Å². The van der Waals surface area contributed by atoms with Crippen LogP contribution in [0, 0.1) is 0 Å². The molecule has 24 heavy (non-hydrogen) atoms. The summed E-state index contributed by atoms with van der Waals surface area (Å²) in [5, 5.41) is 1.14. The molecule has 0 radical (unpaired) electrons. The molecule has 3 nitrogen and oxygen atoms in total. The highest BCUT2D eigenvalue weighted by atomic mass is 16.5. The topological polar surface area (TPSA) is 34.5 Å². The molecule has 0 saturated carbocycles. The Bertz CT molecular complexity index is 880. The second-order valence-electron chi connectivity index (χ2n) is 5.55. The number of aromatic nitrogens is 1. The maximum absolute atomic E-state index is 5.83. The molecule has 0 aliphatic rings. The summed E-state index contributed by atoms with van der Waals surface area (Å²) in [5.41, 5.74) is 4.03. The van der Waals surface area contributed by atoms with Gasteiger partial charge >= 0.3 is 0 Å². The Balaban J connectivity index is 1.64. The van der Waals surface area contributed by atoms with Gasteiger partial charge in [0.2, 0.25) is 0 Å². The minimum absolute atomic E-state index is 0.460. The predicted molar refractivity (Wildman–Crippen MR) is 101 cm³/mol. The lowest BCUT2D eigenvalue weighted by Gasteiger charge is -2.07. The van der Waals surface area contributed by atoms with Crippen molar-refractivity contribution in [1.29, 1.82) is 0 Å². The van der Waals surface area contributed by atoms with E-state index in [0.29, 0.717) is 6.61 Å². The normalized spacial score (nSPS) is 12.0. The van der Waals surface area contributed by atoms with Crippen LogP contribution >= 0.6 is 0 Å². The van der Waals surface area contributed by atoms with Crippen LogP contribution in [0.25, 0.3) is 17.0 Å². The van der Waals surface area contributed by atoms with Crippen molar-refractivity contribution in [3.05, 3.63) is 78.0 Å². The van der Waals surface area contributed by atoms with Crippen LogP contribution in [0.3, 0.4) is 0 Å². The van der Waals surface area contributed by atoms with Crippen LogP contribution in [0.4, 0.5) is 0 Å². The van der Waals surface area contributed by atoms with Crippen molar-refractivity contribution >= 4 is 22.7 Å². The number of allylic oxidation sites excluding steroid dienone is 1. The fourth-order valence-corrected chi connectivity index (χ4v) is 2.31.